The predicted molar refractivity (Wildman–Crippen MR) is 102 cm³/mol. The van der Waals surface area contributed by atoms with E-state index in [0.29, 0.717) is 17.0 Å². The Morgan fingerprint density at radius 1 is 1.07 bits per heavy atom. The molecule has 0 spiro atoms. The Morgan fingerprint density at radius 3 is 2.31 bits per heavy atom. The van der Waals surface area contributed by atoms with Gasteiger partial charge in [0.15, 0.2) is 6.29 Å². The van der Waals surface area contributed by atoms with E-state index in [1.165, 1.54) is 13.2 Å². The van der Waals surface area contributed by atoms with Crippen LogP contribution in [0.15, 0.2) is 42.5 Å². The van der Waals surface area contributed by atoms with Crippen LogP contribution in [-0.2, 0) is 21.7 Å². The highest BCUT2D eigenvalue weighted by Crippen LogP contribution is 2.41. The molecule has 0 aliphatic carbocycles. The highest BCUT2D eigenvalue weighted by atomic mass is 35.5. The first-order valence-corrected chi connectivity index (χ1v) is 9.27. The number of aromatic hydroxyl groups is 1. The van der Waals surface area contributed by atoms with Crippen molar-refractivity contribution >= 4 is 11.6 Å². The minimum absolute atomic E-state index is 0.131. The number of ether oxygens (including phenoxy) is 2. The summed E-state index contributed by atoms with van der Waals surface area (Å²) in [5, 5.41) is 59.8. The van der Waals surface area contributed by atoms with Gasteiger partial charge in [-0.2, -0.15) is 0 Å². The molecule has 0 aromatic heterocycles. The Bertz CT molecular complexity index is 843. The molecule has 0 bridgehead atoms. The van der Waals surface area contributed by atoms with Gasteiger partial charge in [-0.15, -0.1) is 0 Å². The monoisotopic (exact) mass is 426 g/mol. The molecule has 8 nitrogen and oxygen atoms in total. The van der Waals surface area contributed by atoms with Gasteiger partial charge in [-0.1, -0.05) is 29.8 Å². The molecule has 9 heteroatoms. The van der Waals surface area contributed by atoms with Gasteiger partial charge >= 0.3 is 0 Å². The van der Waals surface area contributed by atoms with E-state index < -0.39 is 36.5 Å². The number of methoxy groups -OCH3 is 1. The van der Waals surface area contributed by atoms with E-state index in [9.17, 15) is 30.6 Å². The molecule has 5 atom stereocenters. The number of aliphatic hydroxyl groups excluding tert-OH is 4. The molecule has 1 aliphatic rings. The second kappa shape index (κ2) is 8.55. The fourth-order valence-corrected chi connectivity index (χ4v) is 3.66. The topological polar surface area (TPSA) is 140 Å². The second-order valence-electron chi connectivity index (χ2n) is 6.94. The van der Waals surface area contributed by atoms with Crippen molar-refractivity contribution < 1.29 is 40.1 Å². The summed E-state index contributed by atoms with van der Waals surface area (Å²) >= 11 is 6.31. The zero-order valence-corrected chi connectivity index (χ0v) is 16.3. The molecule has 0 radical (unpaired) electrons. The summed E-state index contributed by atoms with van der Waals surface area (Å²) in [6.45, 7) is 0. The molecular formula is C20H23ClO8. The molecule has 6 N–H and O–H groups in total. The van der Waals surface area contributed by atoms with E-state index in [1.54, 1.807) is 36.4 Å². The first-order chi connectivity index (χ1) is 13.7. The van der Waals surface area contributed by atoms with E-state index in [-0.39, 0.29) is 11.3 Å². The van der Waals surface area contributed by atoms with Crippen LogP contribution in [0.25, 0.3) is 0 Å². The molecule has 3 rings (SSSR count). The third kappa shape index (κ3) is 4.11. The van der Waals surface area contributed by atoms with E-state index in [4.69, 9.17) is 21.1 Å². The summed E-state index contributed by atoms with van der Waals surface area (Å²) in [5.41, 5.74) is 1.77. The van der Waals surface area contributed by atoms with Crippen LogP contribution in [0.5, 0.6) is 5.75 Å². The summed E-state index contributed by atoms with van der Waals surface area (Å²) in [5.74, 6) is -1.84. The van der Waals surface area contributed by atoms with Crippen LogP contribution in [-0.4, -0.2) is 68.5 Å². The van der Waals surface area contributed by atoms with Crippen LogP contribution in [0.3, 0.4) is 0 Å². The molecule has 158 valence electrons. The third-order valence-electron chi connectivity index (χ3n) is 5.09. The van der Waals surface area contributed by atoms with Gasteiger partial charge in [0.1, 0.15) is 30.2 Å². The Balaban J connectivity index is 2.01. The summed E-state index contributed by atoms with van der Waals surface area (Å²) in [4.78, 5) is 0. The number of benzene rings is 2. The van der Waals surface area contributed by atoms with Gasteiger partial charge in [0.2, 0.25) is 5.79 Å². The molecule has 1 aliphatic heterocycles. The lowest BCUT2D eigenvalue weighted by atomic mass is 9.86. The first kappa shape index (κ1) is 21.9. The smallest absolute Gasteiger partial charge is 0.224 e. The minimum atomic E-state index is -2.12. The standard InChI is InChI=1S/C20H23ClO8/c1-28-20(18(25)16(24)15(23)17(29-20)19(26)27)12-4-7-14(21)11(9-12)8-10-2-5-13(22)6-3-10/h2-7,9,15-19,22-27H,8H2,1H3/t15-,16-,17?,18+,20-/m0/s1. The lowest BCUT2D eigenvalue weighted by Gasteiger charge is -2.48. The van der Waals surface area contributed by atoms with Gasteiger partial charge in [-0.25, -0.2) is 0 Å². The fourth-order valence-electron chi connectivity index (χ4n) is 3.47. The minimum Gasteiger partial charge on any atom is -0.508 e. The molecular weight excluding hydrogens is 404 g/mol. The average Bonchev–Trinajstić information content (AvgIpc) is 2.70. The van der Waals surface area contributed by atoms with E-state index >= 15 is 0 Å². The summed E-state index contributed by atoms with van der Waals surface area (Å²) in [7, 11) is 1.22. The van der Waals surface area contributed by atoms with Gasteiger partial charge < -0.3 is 40.1 Å². The van der Waals surface area contributed by atoms with Crippen molar-refractivity contribution in [3.8, 4) is 5.75 Å². The normalized spacial score (nSPS) is 29.9. The zero-order chi connectivity index (χ0) is 21.3. The molecule has 2 aromatic carbocycles. The van der Waals surface area contributed by atoms with Gasteiger partial charge in [0, 0.05) is 17.7 Å². The molecule has 29 heavy (non-hydrogen) atoms. The van der Waals surface area contributed by atoms with Crippen molar-refractivity contribution in [2.45, 2.75) is 42.9 Å². The second-order valence-corrected chi connectivity index (χ2v) is 7.35. The maximum atomic E-state index is 10.6. The number of rotatable bonds is 5. The van der Waals surface area contributed by atoms with Gasteiger partial charge in [0.25, 0.3) is 0 Å². The van der Waals surface area contributed by atoms with Crippen molar-refractivity contribution in [2.24, 2.45) is 0 Å². The van der Waals surface area contributed by atoms with E-state index in [2.05, 4.69) is 0 Å². The third-order valence-corrected chi connectivity index (χ3v) is 5.46. The van der Waals surface area contributed by atoms with Crippen molar-refractivity contribution in [2.75, 3.05) is 7.11 Å². The maximum Gasteiger partial charge on any atom is 0.224 e. The van der Waals surface area contributed by atoms with E-state index in [0.717, 1.165) is 5.56 Å². The van der Waals surface area contributed by atoms with E-state index in [1.807, 2.05) is 0 Å². The number of phenolic OH excluding ortho intramolecular Hbond substituents is 1. The SMILES string of the molecule is CO[C@@]1(c2ccc(Cl)c(Cc3ccc(O)cc3)c2)OC(C(O)O)[C@@H](O)[C@H](O)[C@H]1O. The Morgan fingerprint density at radius 2 is 1.72 bits per heavy atom. The van der Waals surface area contributed by atoms with Crippen LogP contribution in [0.4, 0.5) is 0 Å². The Labute approximate surface area is 172 Å². The fraction of sp³-hybridized carbons (Fsp3) is 0.400. The number of hydrogen-bond donors (Lipinski definition) is 6. The van der Waals surface area contributed by atoms with Crippen molar-refractivity contribution in [1.82, 2.24) is 0 Å². The number of hydrogen-bond acceptors (Lipinski definition) is 8. The Kier molecular flexibility index (Phi) is 6.47. The first-order valence-electron chi connectivity index (χ1n) is 8.89. The lowest BCUT2D eigenvalue weighted by Crippen LogP contribution is -2.65. The van der Waals surface area contributed by atoms with Gasteiger partial charge in [0.05, 0.1) is 0 Å². The number of halogens is 1. The van der Waals surface area contributed by atoms with Gasteiger partial charge in [-0.05, 0) is 41.8 Å². The molecule has 0 saturated carbocycles. The zero-order valence-electron chi connectivity index (χ0n) is 15.5. The molecule has 1 fully saturated rings. The summed E-state index contributed by atoms with van der Waals surface area (Å²) in [6, 6.07) is 11.2. The Hall–Kier alpha value is -1.75. The molecule has 1 unspecified atom stereocenters. The predicted octanol–water partition coefficient (Wildman–Crippen LogP) is 0.228. The number of aliphatic hydroxyl groups is 5. The highest BCUT2D eigenvalue weighted by Gasteiger charge is 2.56. The van der Waals surface area contributed by atoms with Crippen LogP contribution < -0.4 is 0 Å². The average molecular weight is 427 g/mol. The van der Waals surface area contributed by atoms with Crippen molar-refractivity contribution in [3.63, 3.8) is 0 Å². The summed E-state index contributed by atoms with van der Waals surface area (Å²) in [6.07, 6.45) is -8.57. The molecule has 1 heterocycles. The quantitative estimate of drug-likeness (QED) is 0.373. The summed E-state index contributed by atoms with van der Waals surface area (Å²) < 4.78 is 11.0. The van der Waals surface area contributed by atoms with Crippen LogP contribution >= 0.6 is 11.6 Å². The molecule has 0 amide bonds. The number of phenols is 1. The van der Waals surface area contributed by atoms with Crippen molar-refractivity contribution in [3.05, 3.63) is 64.2 Å². The van der Waals surface area contributed by atoms with Crippen LogP contribution in [0.2, 0.25) is 5.02 Å². The van der Waals surface area contributed by atoms with Crippen molar-refractivity contribution in [1.29, 1.82) is 0 Å². The molecule has 1 saturated heterocycles. The van der Waals surface area contributed by atoms with Gasteiger partial charge in [-0.3, -0.25) is 0 Å². The largest absolute Gasteiger partial charge is 0.508 e. The van der Waals surface area contributed by atoms with Crippen LogP contribution in [0, 0.1) is 0 Å². The molecule has 2 aromatic rings. The highest BCUT2D eigenvalue weighted by molar-refractivity contribution is 6.31. The lowest BCUT2D eigenvalue weighted by molar-refractivity contribution is -0.385. The van der Waals surface area contributed by atoms with Crippen LogP contribution in [0.1, 0.15) is 16.7 Å². The maximum absolute atomic E-state index is 10.6.